The molecule has 0 saturated carbocycles. The minimum atomic E-state index is -0.538. The van der Waals surface area contributed by atoms with E-state index in [1.54, 1.807) is 12.1 Å². The lowest BCUT2D eigenvalue weighted by Crippen LogP contribution is -2.32. The van der Waals surface area contributed by atoms with E-state index in [1.807, 2.05) is 36.4 Å². The molecule has 2 heteroatoms. The van der Waals surface area contributed by atoms with Crippen LogP contribution < -0.4 is 0 Å². The molecule has 2 nitrogen and oxygen atoms in total. The molecule has 0 N–H and O–H groups in total. The Morgan fingerprint density at radius 1 is 0.955 bits per heavy atom. The highest BCUT2D eigenvalue weighted by molar-refractivity contribution is 5.89. The second kappa shape index (κ2) is 7.79. The average Bonchev–Trinajstić information content (AvgIpc) is 2.60. The molecule has 0 aromatic heterocycles. The monoisotopic (exact) mass is 296 g/mol. The molecule has 0 heterocycles. The lowest BCUT2D eigenvalue weighted by atomic mass is 9.86. The minimum Gasteiger partial charge on any atom is -0.451 e. The smallest absolute Gasteiger partial charge is 0.339 e. The van der Waals surface area contributed by atoms with Crippen LogP contribution >= 0.6 is 0 Å². The summed E-state index contributed by atoms with van der Waals surface area (Å²) < 4.78 is 6.02. The van der Waals surface area contributed by atoms with Gasteiger partial charge in [-0.3, -0.25) is 0 Å². The summed E-state index contributed by atoms with van der Waals surface area (Å²) in [5.41, 5.74) is 1.15. The number of esters is 1. The van der Waals surface area contributed by atoms with E-state index in [1.165, 1.54) is 0 Å². The Labute approximate surface area is 133 Å². The van der Waals surface area contributed by atoms with Gasteiger partial charge in [-0.2, -0.15) is 0 Å². The van der Waals surface area contributed by atoms with Gasteiger partial charge in [0.2, 0.25) is 0 Å². The van der Waals surface area contributed by atoms with Crippen LogP contribution in [0.3, 0.4) is 0 Å². The van der Waals surface area contributed by atoms with Gasteiger partial charge < -0.3 is 4.74 Å². The third kappa shape index (κ3) is 3.76. The van der Waals surface area contributed by atoms with Gasteiger partial charge >= 0.3 is 5.97 Å². The number of hydrogen-bond acceptors (Lipinski definition) is 2. The summed E-state index contributed by atoms with van der Waals surface area (Å²) in [6, 6.07) is 19.3. The van der Waals surface area contributed by atoms with E-state index in [0.717, 1.165) is 31.2 Å². The van der Waals surface area contributed by atoms with Crippen molar-refractivity contribution >= 4 is 5.97 Å². The molecule has 116 valence electrons. The van der Waals surface area contributed by atoms with E-state index in [-0.39, 0.29) is 5.97 Å². The predicted molar refractivity (Wildman–Crippen MR) is 89.8 cm³/mol. The molecule has 0 amide bonds. The Morgan fingerprint density at radius 2 is 1.55 bits per heavy atom. The Balaban J connectivity index is 2.30. The van der Waals surface area contributed by atoms with E-state index in [9.17, 15) is 4.79 Å². The molecule has 0 radical (unpaired) electrons. The standard InChI is InChI=1S/C20H24O2/c1-3-5-16-20(4-2,18-14-10-7-11-15-18)22-19(21)17-12-8-6-9-13-17/h6-15H,3-5,16H2,1-2H3/t20-/m1/s1. The van der Waals surface area contributed by atoms with Crippen LogP contribution in [0.4, 0.5) is 0 Å². The van der Waals surface area contributed by atoms with E-state index >= 15 is 0 Å². The number of ether oxygens (including phenoxy) is 1. The van der Waals surface area contributed by atoms with Crippen LogP contribution in [0.5, 0.6) is 0 Å². The van der Waals surface area contributed by atoms with Crippen LogP contribution in [0.25, 0.3) is 0 Å². The van der Waals surface area contributed by atoms with Crippen molar-refractivity contribution in [2.75, 3.05) is 0 Å². The van der Waals surface area contributed by atoms with Crippen molar-refractivity contribution < 1.29 is 9.53 Å². The first kappa shape index (κ1) is 16.3. The molecule has 0 unspecified atom stereocenters. The lowest BCUT2D eigenvalue weighted by molar-refractivity contribution is -0.0299. The predicted octanol–water partition coefficient (Wildman–Crippen LogP) is 5.34. The Bertz CT molecular complexity index is 577. The van der Waals surface area contributed by atoms with Crippen LogP contribution in [0.1, 0.15) is 55.5 Å². The van der Waals surface area contributed by atoms with Crippen molar-refractivity contribution in [3.05, 3.63) is 71.8 Å². The summed E-state index contributed by atoms with van der Waals surface area (Å²) in [6.45, 7) is 4.24. The third-order valence-corrected chi connectivity index (χ3v) is 4.10. The number of rotatable bonds is 7. The molecule has 0 bridgehead atoms. The lowest BCUT2D eigenvalue weighted by Gasteiger charge is -2.33. The van der Waals surface area contributed by atoms with Crippen LogP contribution in [-0.4, -0.2) is 5.97 Å². The maximum atomic E-state index is 12.5. The van der Waals surface area contributed by atoms with Gasteiger partial charge in [-0.05, 0) is 37.0 Å². The molecule has 1 atom stereocenters. The maximum Gasteiger partial charge on any atom is 0.339 e. The summed E-state index contributed by atoms with van der Waals surface area (Å²) in [7, 11) is 0. The quantitative estimate of drug-likeness (QED) is 0.645. The first-order chi connectivity index (χ1) is 10.7. The maximum absolute atomic E-state index is 12.5. The number of hydrogen-bond donors (Lipinski definition) is 0. The normalized spacial score (nSPS) is 13.4. The van der Waals surface area contributed by atoms with Crippen LogP contribution in [-0.2, 0) is 10.3 Å². The molecule has 2 rings (SSSR count). The topological polar surface area (TPSA) is 26.3 Å². The highest BCUT2D eigenvalue weighted by Crippen LogP contribution is 2.35. The molecule has 2 aromatic rings. The fourth-order valence-electron chi connectivity index (χ4n) is 2.72. The fraction of sp³-hybridized carbons (Fsp3) is 0.350. The molecule has 0 fully saturated rings. The Kier molecular flexibility index (Phi) is 5.76. The van der Waals surface area contributed by atoms with Crippen molar-refractivity contribution in [1.82, 2.24) is 0 Å². The summed E-state index contributed by atoms with van der Waals surface area (Å²) in [4.78, 5) is 12.5. The van der Waals surface area contributed by atoms with Crippen LogP contribution in [0.2, 0.25) is 0 Å². The minimum absolute atomic E-state index is 0.248. The van der Waals surface area contributed by atoms with Gasteiger partial charge in [-0.1, -0.05) is 68.8 Å². The highest BCUT2D eigenvalue weighted by Gasteiger charge is 2.34. The molecule has 0 aliphatic heterocycles. The Hall–Kier alpha value is -2.09. The molecule has 0 spiro atoms. The highest BCUT2D eigenvalue weighted by atomic mass is 16.6. The SMILES string of the molecule is CCCC[C@@](CC)(OC(=O)c1ccccc1)c1ccccc1. The third-order valence-electron chi connectivity index (χ3n) is 4.10. The average molecular weight is 296 g/mol. The van der Waals surface area contributed by atoms with Crippen molar-refractivity contribution in [2.45, 2.75) is 45.1 Å². The number of benzene rings is 2. The zero-order valence-corrected chi connectivity index (χ0v) is 13.4. The van der Waals surface area contributed by atoms with Crippen molar-refractivity contribution in [3.63, 3.8) is 0 Å². The summed E-state index contributed by atoms with van der Waals surface area (Å²) in [5.74, 6) is -0.248. The van der Waals surface area contributed by atoms with Gasteiger partial charge in [0.1, 0.15) is 5.60 Å². The zero-order chi connectivity index (χ0) is 15.8. The van der Waals surface area contributed by atoms with Gasteiger partial charge in [0, 0.05) is 0 Å². The van der Waals surface area contributed by atoms with Gasteiger partial charge in [-0.15, -0.1) is 0 Å². The number of carbonyl (C=O) groups is 1. The molecule has 0 aliphatic rings. The van der Waals surface area contributed by atoms with Crippen LogP contribution in [0.15, 0.2) is 60.7 Å². The second-order valence-corrected chi connectivity index (χ2v) is 5.57. The van der Waals surface area contributed by atoms with Gasteiger partial charge in [0.25, 0.3) is 0 Å². The van der Waals surface area contributed by atoms with Crippen molar-refractivity contribution in [2.24, 2.45) is 0 Å². The van der Waals surface area contributed by atoms with Gasteiger partial charge in [0.15, 0.2) is 0 Å². The van der Waals surface area contributed by atoms with E-state index in [4.69, 9.17) is 4.74 Å². The van der Waals surface area contributed by atoms with Gasteiger partial charge in [0.05, 0.1) is 5.56 Å². The number of unbranched alkanes of at least 4 members (excludes halogenated alkanes) is 1. The Morgan fingerprint density at radius 3 is 2.09 bits per heavy atom. The van der Waals surface area contributed by atoms with E-state index in [0.29, 0.717) is 5.56 Å². The van der Waals surface area contributed by atoms with E-state index < -0.39 is 5.60 Å². The van der Waals surface area contributed by atoms with Crippen molar-refractivity contribution in [1.29, 1.82) is 0 Å². The molecular formula is C20H24O2. The molecule has 22 heavy (non-hydrogen) atoms. The van der Waals surface area contributed by atoms with Gasteiger partial charge in [-0.25, -0.2) is 4.79 Å². The van der Waals surface area contributed by atoms with E-state index in [2.05, 4.69) is 26.0 Å². The molecule has 0 saturated heterocycles. The molecular weight excluding hydrogens is 272 g/mol. The van der Waals surface area contributed by atoms with Crippen molar-refractivity contribution in [3.8, 4) is 0 Å². The molecule has 2 aromatic carbocycles. The number of carbonyl (C=O) groups excluding carboxylic acids is 1. The molecule has 0 aliphatic carbocycles. The first-order valence-corrected chi connectivity index (χ1v) is 8.06. The second-order valence-electron chi connectivity index (χ2n) is 5.57. The zero-order valence-electron chi connectivity index (χ0n) is 13.4. The van der Waals surface area contributed by atoms with Crippen LogP contribution in [0, 0.1) is 0 Å². The largest absolute Gasteiger partial charge is 0.451 e. The fourth-order valence-corrected chi connectivity index (χ4v) is 2.72. The summed E-state index contributed by atoms with van der Waals surface area (Å²) in [5, 5.41) is 0. The summed E-state index contributed by atoms with van der Waals surface area (Å²) >= 11 is 0. The summed E-state index contributed by atoms with van der Waals surface area (Å²) in [6.07, 6.45) is 3.74. The first-order valence-electron chi connectivity index (χ1n) is 8.06.